The molecule has 1 aliphatic rings. The molecule has 0 saturated carbocycles. The fourth-order valence-electron chi connectivity index (χ4n) is 3.61. The van der Waals surface area contributed by atoms with Gasteiger partial charge in [-0.15, -0.1) is 5.92 Å². The number of halogens is 2. The van der Waals surface area contributed by atoms with Gasteiger partial charge in [-0.2, -0.15) is 0 Å². The molecule has 10 heteroatoms. The maximum atomic E-state index is 12.8. The van der Waals surface area contributed by atoms with Gasteiger partial charge in [-0.25, -0.2) is 19.4 Å². The first-order chi connectivity index (χ1) is 17.3. The zero-order valence-corrected chi connectivity index (χ0v) is 20.5. The van der Waals surface area contributed by atoms with Crippen molar-refractivity contribution in [1.29, 1.82) is 0 Å². The predicted octanol–water partition coefficient (Wildman–Crippen LogP) is 4.29. The Morgan fingerprint density at radius 1 is 1.06 bits per heavy atom. The number of hydrogen-bond donors (Lipinski definition) is 0. The van der Waals surface area contributed by atoms with Crippen LogP contribution in [0.25, 0.3) is 0 Å². The molecule has 1 saturated heterocycles. The van der Waals surface area contributed by atoms with E-state index in [1.54, 1.807) is 31.2 Å². The lowest BCUT2D eigenvalue weighted by atomic mass is 10.1. The number of carbonyl (C=O) groups excluding carboxylic acids is 2. The number of benzene rings is 2. The molecule has 1 aliphatic heterocycles. The Morgan fingerprint density at radius 3 is 2.28 bits per heavy atom. The number of nitrogens with zero attached hydrogens (tertiary/aromatic N) is 2. The zero-order valence-electron chi connectivity index (χ0n) is 19.0. The average Bonchev–Trinajstić information content (AvgIpc) is 3.26. The van der Waals surface area contributed by atoms with Gasteiger partial charge in [-0.3, -0.25) is 4.57 Å². The summed E-state index contributed by atoms with van der Waals surface area (Å²) in [5.74, 6) is 4.38. The Hall–Kier alpha value is -3.64. The standard InChI is InChI=1S/C26H20Cl2N2O6/c1-2-3-16-13-29-26(33)30(14-16)23-12-21(36-25(32)18-6-10-20(28)11-7-18)22(35-23)15-34-24(31)17-4-8-19(27)9-5-17/h4-11,13-14,21-23H,12,15H2,1H3/t21-,22+,23-/m0/s1. The van der Waals surface area contributed by atoms with Gasteiger partial charge < -0.3 is 14.2 Å². The predicted molar refractivity (Wildman–Crippen MR) is 132 cm³/mol. The van der Waals surface area contributed by atoms with Gasteiger partial charge in [0.05, 0.1) is 16.7 Å². The van der Waals surface area contributed by atoms with Crippen LogP contribution in [0.2, 0.25) is 10.0 Å². The maximum Gasteiger partial charge on any atom is 0.349 e. The van der Waals surface area contributed by atoms with Crippen LogP contribution in [0.3, 0.4) is 0 Å². The molecule has 184 valence electrons. The van der Waals surface area contributed by atoms with Crippen LogP contribution < -0.4 is 5.69 Å². The molecule has 36 heavy (non-hydrogen) atoms. The van der Waals surface area contributed by atoms with Gasteiger partial charge in [0.2, 0.25) is 0 Å². The monoisotopic (exact) mass is 526 g/mol. The third-order valence-electron chi connectivity index (χ3n) is 5.37. The van der Waals surface area contributed by atoms with E-state index in [1.807, 2.05) is 0 Å². The topological polar surface area (TPSA) is 96.7 Å². The first kappa shape index (κ1) is 25.5. The second-order valence-electron chi connectivity index (χ2n) is 7.83. The third kappa shape index (κ3) is 6.13. The minimum Gasteiger partial charge on any atom is -0.459 e. The molecule has 3 aromatic rings. The molecular weight excluding hydrogens is 507 g/mol. The van der Waals surface area contributed by atoms with Crippen molar-refractivity contribution in [3.05, 3.63) is 98.1 Å². The van der Waals surface area contributed by atoms with E-state index in [4.69, 9.17) is 37.4 Å². The van der Waals surface area contributed by atoms with Crippen LogP contribution in [0, 0.1) is 11.8 Å². The number of aromatic nitrogens is 2. The minimum absolute atomic E-state index is 0.132. The fourth-order valence-corrected chi connectivity index (χ4v) is 3.86. The van der Waals surface area contributed by atoms with Crippen molar-refractivity contribution < 1.29 is 23.8 Å². The first-order valence-corrected chi connectivity index (χ1v) is 11.7. The molecule has 4 rings (SSSR count). The molecular formula is C26H20Cl2N2O6. The van der Waals surface area contributed by atoms with Gasteiger partial charge in [-0.05, 0) is 55.5 Å². The summed E-state index contributed by atoms with van der Waals surface area (Å²) in [4.78, 5) is 41.5. The smallest absolute Gasteiger partial charge is 0.349 e. The van der Waals surface area contributed by atoms with Gasteiger partial charge in [0.25, 0.3) is 0 Å². The molecule has 1 fully saturated rings. The Bertz CT molecular complexity index is 1380. The Labute approximate surface area is 216 Å². The van der Waals surface area contributed by atoms with Crippen LogP contribution in [-0.2, 0) is 14.2 Å². The summed E-state index contributed by atoms with van der Waals surface area (Å²) in [7, 11) is 0. The number of esters is 2. The van der Waals surface area contributed by atoms with Crippen LogP contribution in [0.15, 0.2) is 65.7 Å². The van der Waals surface area contributed by atoms with Crippen LogP contribution in [-0.4, -0.2) is 40.3 Å². The molecule has 0 spiro atoms. The van der Waals surface area contributed by atoms with E-state index in [2.05, 4.69) is 16.8 Å². The summed E-state index contributed by atoms with van der Waals surface area (Å²) in [5.41, 5.74) is 0.560. The van der Waals surface area contributed by atoms with Crippen molar-refractivity contribution in [3.63, 3.8) is 0 Å². The van der Waals surface area contributed by atoms with E-state index in [1.165, 1.54) is 41.2 Å². The summed E-state index contributed by atoms with van der Waals surface area (Å²) in [5, 5.41) is 0.960. The largest absolute Gasteiger partial charge is 0.459 e. The lowest BCUT2D eigenvalue weighted by Crippen LogP contribution is -2.32. The number of ether oxygens (including phenoxy) is 3. The summed E-state index contributed by atoms with van der Waals surface area (Å²) < 4.78 is 18.4. The summed E-state index contributed by atoms with van der Waals surface area (Å²) in [6.45, 7) is 1.45. The zero-order chi connectivity index (χ0) is 25.7. The van der Waals surface area contributed by atoms with Crippen molar-refractivity contribution in [2.24, 2.45) is 0 Å². The summed E-state index contributed by atoms with van der Waals surface area (Å²) in [6, 6.07) is 12.4. The van der Waals surface area contributed by atoms with E-state index in [0.29, 0.717) is 26.7 Å². The van der Waals surface area contributed by atoms with Gasteiger partial charge in [0, 0.05) is 28.9 Å². The van der Waals surface area contributed by atoms with Crippen LogP contribution in [0.5, 0.6) is 0 Å². The van der Waals surface area contributed by atoms with Gasteiger partial charge in [0.15, 0.2) is 0 Å². The van der Waals surface area contributed by atoms with Crippen molar-refractivity contribution >= 4 is 35.1 Å². The highest BCUT2D eigenvalue weighted by molar-refractivity contribution is 6.31. The molecule has 0 radical (unpaired) electrons. The molecule has 0 unspecified atom stereocenters. The maximum absolute atomic E-state index is 12.8. The highest BCUT2D eigenvalue weighted by Gasteiger charge is 2.40. The number of hydrogen-bond acceptors (Lipinski definition) is 7. The van der Waals surface area contributed by atoms with Crippen molar-refractivity contribution in [2.45, 2.75) is 31.8 Å². The second kappa shape index (κ2) is 11.4. The third-order valence-corrected chi connectivity index (χ3v) is 5.87. The molecule has 8 nitrogen and oxygen atoms in total. The highest BCUT2D eigenvalue weighted by atomic mass is 35.5. The van der Waals surface area contributed by atoms with Crippen molar-refractivity contribution in [2.75, 3.05) is 6.61 Å². The lowest BCUT2D eigenvalue weighted by Gasteiger charge is -2.19. The molecule has 2 heterocycles. The van der Waals surface area contributed by atoms with Crippen LogP contribution in [0.4, 0.5) is 0 Å². The summed E-state index contributed by atoms with van der Waals surface area (Å²) >= 11 is 11.8. The average molecular weight is 527 g/mol. The number of carbonyl (C=O) groups is 2. The molecule has 2 aromatic carbocycles. The molecule has 0 aliphatic carbocycles. The van der Waals surface area contributed by atoms with E-state index >= 15 is 0 Å². The van der Waals surface area contributed by atoms with Crippen LogP contribution >= 0.6 is 23.2 Å². The van der Waals surface area contributed by atoms with Gasteiger partial charge >= 0.3 is 17.6 Å². The van der Waals surface area contributed by atoms with Crippen LogP contribution in [0.1, 0.15) is 45.9 Å². The SMILES string of the molecule is CC#Cc1cnc(=O)n([C@@H]2C[C@H](OC(=O)c3ccc(Cl)cc3)[C@@H](COC(=O)c3ccc(Cl)cc3)O2)c1. The lowest BCUT2D eigenvalue weighted by molar-refractivity contribution is -0.0582. The molecule has 0 N–H and O–H groups in total. The van der Waals surface area contributed by atoms with E-state index in [9.17, 15) is 14.4 Å². The Morgan fingerprint density at radius 2 is 1.67 bits per heavy atom. The second-order valence-corrected chi connectivity index (χ2v) is 8.70. The molecule has 3 atom stereocenters. The molecule has 0 amide bonds. The highest BCUT2D eigenvalue weighted by Crippen LogP contribution is 2.31. The van der Waals surface area contributed by atoms with Gasteiger partial charge in [0.1, 0.15) is 25.0 Å². The van der Waals surface area contributed by atoms with E-state index in [0.717, 1.165) is 0 Å². The first-order valence-electron chi connectivity index (χ1n) is 10.9. The molecule has 0 bridgehead atoms. The fraction of sp³-hybridized carbons (Fsp3) is 0.231. The quantitative estimate of drug-likeness (QED) is 0.349. The Balaban J connectivity index is 1.54. The van der Waals surface area contributed by atoms with E-state index in [-0.39, 0.29) is 13.0 Å². The molecule has 1 aromatic heterocycles. The normalized spacial score (nSPS) is 18.7. The van der Waals surface area contributed by atoms with Crippen molar-refractivity contribution in [1.82, 2.24) is 9.55 Å². The van der Waals surface area contributed by atoms with E-state index < -0.39 is 36.1 Å². The minimum atomic E-state index is -0.838. The van der Waals surface area contributed by atoms with Gasteiger partial charge in [-0.1, -0.05) is 29.1 Å². The number of rotatable bonds is 6. The van der Waals surface area contributed by atoms with Crippen molar-refractivity contribution in [3.8, 4) is 11.8 Å². The Kier molecular flexibility index (Phi) is 8.06. The summed E-state index contributed by atoms with van der Waals surface area (Å²) in [6.07, 6.45) is 0.558.